The molecular weight excluding hydrogens is 384 g/mol. The predicted molar refractivity (Wildman–Crippen MR) is 99.7 cm³/mol. The molecule has 0 unspecified atom stereocenters. The van der Waals surface area contributed by atoms with E-state index in [9.17, 15) is 4.79 Å². The van der Waals surface area contributed by atoms with Crippen LogP contribution in [-0.4, -0.2) is 17.7 Å². The fraction of sp³-hybridized carbons (Fsp3) is 0.158. The van der Waals surface area contributed by atoms with Gasteiger partial charge in [0.25, 0.3) is 5.91 Å². The van der Waals surface area contributed by atoms with Gasteiger partial charge in [-0.25, -0.2) is 0 Å². The van der Waals surface area contributed by atoms with Gasteiger partial charge in [-0.2, -0.15) is 0 Å². The topological polar surface area (TPSA) is 64.4 Å². The first kappa shape index (κ1) is 17.2. The zero-order chi connectivity index (χ0) is 17.8. The van der Waals surface area contributed by atoms with E-state index in [1.54, 1.807) is 6.07 Å². The maximum Gasteiger partial charge on any atom is 0.264 e. The minimum absolute atomic E-state index is 0.0986. The van der Waals surface area contributed by atoms with Crippen molar-refractivity contribution in [3.8, 4) is 17.0 Å². The van der Waals surface area contributed by atoms with E-state index >= 15 is 0 Å². The standard InChI is InChI=1S/C19H17BrN2O3/c1-12-4-3-5-17(13(12)2)24-11-18(23)21-19-10-16(22-25-19)14-6-8-15(20)9-7-14/h3-10H,11H2,1-2H3,(H,21,23). The number of ether oxygens (including phenoxy) is 1. The van der Waals surface area contributed by atoms with Crippen molar-refractivity contribution in [3.63, 3.8) is 0 Å². The number of aryl methyl sites for hydroxylation is 1. The second-order valence-corrected chi connectivity index (χ2v) is 6.53. The lowest BCUT2D eigenvalue weighted by atomic mass is 10.1. The predicted octanol–water partition coefficient (Wildman–Crippen LogP) is 4.74. The molecule has 0 aliphatic carbocycles. The van der Waals surface area contributed by atoms with Crippen molar-refractivity contribution in [2.45, 2.75) is 13.8 Å². The first-order valence-corrected chi connectivity index (χ1v) is 8.54. The molecule has 1 amide bonds. The van der Waals surface area contributed by atoms with Crippen molar-refractivity contribution in [1.29, 1.82) is 0 Å². The van der Waals surface area contributed by atoms with E-state index in [2.05, 4.69) is 26.4 Å². The molecule has 128 valence electrons. The van der Waals surface area contributed by atoms with Gasteiger partial charge in [-0.1, -0.05) is 45.4 Å². The van der Waals surface area contributed by atoms with E-state index in [1.165, 1.54) is 0 Å². The molecule has 0 saturated heterocycles. The first-order chi connectivity index (χ1) is 12.0. The zero-order valence-corrected chi connectivity index (χ0v) is 15.5. The summed E-state index contributed by atoms with van der Waals surface area (Å²) < 4.78 is 11.7. The Morgan fingerprint density at radius 1 is 1.20 bits per heavy atom. The van der Waals surface area contributed by atoms with Crippen LogP contribution in [0.2, 0.25) is 0 Å². The van der Waals surface area contributed by atoms with Crippen LogP contribution in [0.5, 0.6) is 5.75 Å². The average Bonchev–Trinajstić information content (AvgIpc) is 3.05. The third kappa shape index (κ3) is 4.28. The first-order valence-electron chi connectivity index (χ1n) is 7.74. The van der Waals surface area contributed by atoms with Crippen molar-refractivity contribution in [2.24, 2.45) is 0 Å². The summed E-state index contributed by atoms with van der Waals surface area (Å²) in [6.07, 6.45) is 0. The molecule has 0 radical (unpaired) electrons. The van der Waals surface area contributed by atoms with Gasteiger partial charge >= 0.3 is 0 Å². The molecule has 0 bridgehead atoms. The molecule has 0 saturated carbocycles. The van der Waals surface area contributed by atoms with E-state index < -0.39 is 0 Å². The molecule has 1 aromatic heterocycles. The molecule has 0 aliphatic heterocycles. The number of carbonyl (C=O) groups is 1. The maximum atomic E-state index is 12.0. The van der Waals surface area contributed by atoms with Crippen LogP contribution >= 0.6 is 15.9 Å². The summed E-state index contributed by atoms with van der Waals surface area (Å²) in [5, 5.41) is 6.61. The van der Waals surface area contributed by atoms with E-state index in [0.717, 1.165) is 21.2 Å². The SMILES string of the molecule is Cc1cccc(OCC(=O)Nc2cc(-c3ccc(Br)cc3)no2)c1C. The van der Waals surface area contributed by atoms with Crippen molar-refractivity contribution >= 4 is 27.7 Å². The highest BCUT2D eigenvalue weighted by Gasteiger charge is 2.11. The lowest BCUT2D eigenvalue weighted by Gasteiger charge is -2.10. The molecule has 0 spiro atoms. The minimum Gasteiger partial charge on any atom is -0.483 e. The number of nitrogens with one attached hydrogen (secondary N) is 1. The second kappa shape index (κ2) is 7.53. The summed E-state index contributed by atoms with van der Waals surface area (Å²) in [5.41, 5.74) is 3.69. The Morgan fingerprint density at radius 3 is 2.72 bits per heavy atom. The molecule has 0 atom stereocenters. The van der Waals surface area contributed by atoms with Crippen molar-refractivity contribution in [2.75, 3.05) is 11.9 Å². The monoisotopic (exact) mass is 400 g/mol. The summed E-state index contributed by atoms with van der Waals surface area (Å²) >= 11 is 3.39. The summed E-state index contributed by atoms with van der Waals surface area (Å²) in [4.78, 5) is 12.0. The van der Waals surface area contributed by atoms with E-state index in [-0.39, 0.29) is 18.4 Å². The quantitative estimate of drug-likeness (QED) is 0.671. The number of hydrogen-bond acceptors (Lipinski definition) is 4. The molecule has 2 aromatic carbocycles. The second-order valence-electron chi connectivity index (χ2n) is 5.62. The molecule has 0 fully saturated rings. The largest absolute Gasteiger partial charge is 0.483 e. The fourth-order valence-electron chi connectivity index (χ4n) is 2.29. The molecule has 6 heteroatoms. The fourth-order valence-corrected chi connectivity index (χ4v) is 2.55. The van der Waals surface area contributed by atoms with Crippen LogP contribution in [0.15, 0.2) is 57.5 Å². The average molecular weight is 401 g/mol. The molecule has 1 N–H and O–H groups in total. The van der Waals surface area contributed by atoms with Crippen LogP contribution in [0.3, 0.4) is 0 Å². The summed E-state index contributed by atoms with van der Waals surface area (Å²) in [6.45, 7) is 3.86. The highest BCUT2D eigenvalue weighted by Crippen LogP contribution is 2.24. The van der Waals surface area contributed by atoms with Gasteiger partial charge in [-0.05, 0) is 43.2 Å². The molecule has 3 aromatic rings. The highest BCUT2D eigenvalue weighted by molar-refractivity contribution is 9.10. The van der Waals surface area contributed by atoms with Gasteiger partial charge in [0.05, 0.1) is 0 Å². The summed E-state index contributed by atoms with van der Waals surface area (Å²) in [7, 11) is 0. The van der Waals surface area contributed by atoms with Crippen LogP contribution in [0.1, 0.15) is 11.1 Å². The van der Waals surface area contributed by atoms with Gasteiger partial charge < -0.3 is 9.26 Å². The lowest BCUT2D eigenvalue weighted by Crippen LogP contribution is -2.20. The number of aromatic nitrogens is 1. The van der Waals surface area contributed by atoms with Gasteiger partial charge in [-0.3, -0.25) is 10.1 Å². The van der Waals surface area contributed by atoms with Crippen molar-refractivity contribution in [3.05, 3.63) is 64.1 Å². The van der Waals surface area contributed by atoms with Gasteiger partial charge in [0.2, 0.25) is 5.88 Å². The lowest BCUT2D eigenvalue weighted by molar-refractivity contribution is -0.118. The third-order valence-electron chi connectivity index (χ3n) is 3.83. The number of amides is 1. The molecule has 25 heavy (non-hydrogen) atoms. The maximum absolute atomic E-state index is 12.0. The van der Waals surface area contributed by atoms with Gasteiger partial charge in [0, 0.05) is 16.1 Å². The van der Waals surface area contributed by atoms with Gasteiger partial charge in [0.15, 0.2) is 6.61 Å². The number of anilines is 1. The number of carbonyl (C=O) groups excluding carboxylic acids is 1. The molecule has 3 rings (SSSR count). The Bertz CT molecular complexity index is 888. The Balaban J connectivity index is 1.60. The zero-order valence-electron chi connectivity index (χ0n) is 13.9. The van der Waals surface area contributed by atoms with E-state index in [1.807, 2.05) is 56.3 Å². The van der Waals surface area contributed by atoms with E-state index in [4.69, 9.17) is 9.26 Å². The van der Waals surface area contributed by atoms with Crippen LogP contribution in [0.25, 0.3) is 11.3 Å². The Hall–Kier alpha value is -2.60. The normalized spacial score (nSPS) is 10.5. The van der Waals surface area contributed by atoms with Crippen LogP contribution in [-0.2, 0) is 4.79 Å². The van der Waals surface area contributed by atoms with Gasteiger partial charge in [-0.15, -0.1) is 0 Å². The third-order valence-corrected chi connectivity index (χ3v) is 4.36. The summed E-state index contributed by atoms with van der Waals surface area (Å²) in [5.74, 6) is 0.676. The van der Waals surface area contributed by atoms with Crippen molar-refractivity contribution < 1.29 is 14.1 Å². The Kier molecular flexibility index (Phi) is 5.19. The number of hydrogen-bond donors (Lipinski definition) is 1. The summed E-state index contributed by atoms with van der Waals surface area (Å²) in [6, 6.07) is 15.1. The molecular formula is C19H17BrN2O3. The Morgan fingerprint density at radius 2 is 1.96 bits per heavy atom. The number of halogens is 1. The Labute approximate surface area is 154 Å². The molecule has 1 heterocycles. The van der Waals surface area contributed by atoms with E-state index in [0.29, 0.717) is 11.4 Å². The minimum atomic E-state index is -0.306. The van der Waals surface area contributed by atoms with Crippen LogP contribution < -0.4 is 10.1 Å². The smallest absolute Gasteiger partial charge is 0.264 e. The van der Waals surface area contributed by atoms with Crippen LogP contribution in [0, 0.1) is 13.8 Å². The molecule has 5 nitrogen and oxygen atoms in total. The number of nitrogens with zero attached hydrogens (tertiary/aromatic N) is 1. The van der Waals surface area contributed by atoms with Crippen LogP contribution in [0.4, 0.5) is 5.88 Å². The number of rotatable bonds is 5. The highest BCUT2D eigenvalue weighted by atomic mass is 79.9. The molecule has 0 aliphatic rings. The number of benzene rings is 2. The van der Waals surface area contributed by atoms with Crippen molar-refractivity contribution in [1.82, 2.24) is 5.16 Å². The van der Waals surface area contributed by atoms with Gasteiger partial charge in [0.1, 0.15) is 11.4 Å².